The van der Waals surface area contributed by atoms with E-state index in [-0.39, 0.29) is 0 Å². The number of fused-ring (bicyclic) bond motifs is 2. The van der Waals surface area contributed by atoms with E-state index in [0.717, 1.165) is 12.1 Å². The number of nitrogen functional groups attached to an aromatic ring is 1. The van der Waals surface area contributed by atoms with Crippen LogP contribution in [0.1, 0.15) is 30.4 Å². The molecule has 0 spiro atoms. The normalized spacial score (nSPS) is 18.4. The molecule has 0 bridgehead atoms. The second kappa shape index (κ2) is 4.02. The van der Waals surface area contributed by atoms with Crippen molar-refractivity contribution in [2.24, 2.45) is 0 Å². The number of rotatable bonds is 0. The van der Waals surface area contributed by atoms with E-state index < -0.39 is 0 Å². The summed E-state index contributed by atoms with van der Waals surface area (Å²) in [6.07, 6.45) is 5.56. The summed E-state index contributed by atoms with van der Waals surface area (Å²) in [5.41, 5.74) is 9.98. The monoisotopic (exact) mass is 335 g/mol. The lowest BCUT2D eigenvalue weighted by Crippen LogP contribution is -2.07. The maximum atomic E-state index is 6.36. The van der Waals surface area contributed by atoms with Crippen molar-refractivity contribution in [2.75, 3.05) is 5.73 Å². The molecule has 2 aromatic carbocycles. The predicted octanol–water partition coefficient (Wildman–Crippen LogP) is 4.55. The van der Waals surface area contributed by atoms with Gasteiger partial charge in [-0.1, -0.05) is 43.3 Å². The van der Waals surface area contributed by atoms with Crippen molar-refractivity contribution in [3.63, 3.8) is 0 Å². The number of nitrogens with two attached hydrogens (primary N) is 1. The molecular weight excluding hydrogens is 321 g/mol. The van der Waals surface area contributed by atoms with Gasteiger partial charge in [0.15, 0.2) is 0 Å². The summed E-state index contributed by atoms with van der Waals surface area (Å²) in [5.74, 6) is 0.521. The molecule has 1 unspecified atom stereocenters. The van der Waals surface area contributed by atoms with Crippen molar-refractivity contribution >= 4 is 45.1 Å². The highest BCUT2D eigenvalue weighted by molar-refractivity contribution is 14.1. The standard InChI is InChI=1S/C15H14IN/c1-9-5-4-8-12-13(9)15(17)11-7-3-2-6-10(11)14(12)16/h2-4,6-9H,5,17H2,1H3. The Bertz CT molecular complexity index is 628. The molecule has 3 rings (SSSR count). The topological polar surface area (TPSA) is 26.0 Å². The van der Waals surface area contributed by atoms with E-state index >= 15 is 0 Å². The lowest BCUT2D eigenvalue weighted by Gasteiger charge is -2.23. The molecule has 17 heavy (non-hydrogen) atoms. The minimum absolute atomic E-state index is 0.521. The predicted molar refractivity (Wildman–Crippen MR) is 83.1 cm³/mol. The molecule has 1 aliphatic carbocycles. The van der Waals surface area contributed by atoms with Gasteiger partial charge in [-0.25, -0.2) is 0 Å². The molecule has 0 saturated heterocycles. The van der Waals surface area contributed by atoms with Gasteiger partial charge in [-0.2, -0.15) is 0 Å². The average Bonchev–Trinajstić information content (AvgIpc) is 2.36. The van der Waals surface area contributed by atoms with Gasteiger partial charge in [0.25, 0.3) is 0 Å². The molecule has 0 aromatic heterocycles. The number of hydrogen-bond acceptors (Lipinski definition) is 1. The molecular formula is C15H14IN. The van der Waals surface area contributed by atoms with Gasteiger partial charge in [-0.05, 0) is 51.4 Å². The quantitative estimate of drug-likeness (QED) is 0.555. The second-order valence-corrected chi connectivity index (χ2v) is 5.72. The minimum atomic E-state index is 0.521. The zero-order chi connectivity index (χ0) is 12.0. The highest BCUT2D eigenvalue weighted by Crippen LogP contribution is 2.41. The van der Waals surface area contributed by atoms with Gasteiger partial charge in [-0.15, -0.1) is 0 Å². The van der Waals surface area contributed by atoms with Crippen molar-refractivity contribution in [1.82, 2.24) is 0 Å². The Balaban J connectivity index is 2.50. The van der Waals surface area contributed by atoms with E-state index in [1.807, 2.05) is 0 Å². The van der Waals surface area contributed by atoms with Crippen LogP contribution in [-0.2, 0) is 0 Å². The van der Waals surface area contributed by atoms with Crippen molar-refractivity contribution in [2.45, 2.75) is 19.3 Å². The van der Waals surface area contributed by atoms with E-state index in [4.69, 9.17) is 5.73 Å². The zero-order valence-corrected chi connectivity index (χ0v) is 11.9. The molecule has 2 aromatic rings. The third-order valence-corrected chi connectivity index (χ3v) is 4.70. The number of allylic oxidation sites excluding steroid dienone is 1. The van der Waals surface area contributed by atoms with Gasteiger partial charge in [0.2, 0.25) is 0 Å². The Labute approximate surface area is 115 Å². The highest BCUT2D eigenvalue weighted by atomic mass is 127. The Morgan fingerprint density at radius 2 is 1.94 bits per heavy atom. The van der Waals surface area contributed by atoms with Crippen LogP contribution in [0.25, 0.3) is 16.8 Å². The van der Waals surface area contributed by atoms with Crippen molar-refractivity contribution in [1.29, 1.82) is 0 Å². The van der Waals surface area contributed by atoms with E-state index in [1.165, 1.54) is 25.5 Å². The third-order valence-electron chi connectivity index (χ3n) is 3.54. The summed E-state index contributed by atoms with van der Waals surface area (Å²) in [7, 11) is 0. The van der Waals surface area contributed by atoms with Gasteiger partial charge in [-0.3, -0.25) is 0 Å². The van der Waals surface area contributed by atoms with Gasteiger partial charge in [0, 0.05) is 14.6 Å². The number of halogens is 1. The van der Waals surface area contributed by atoms with Gasteiger partial charge >= 0.3 is 0 Å². The highest BCUT2D eigenvalue weighted by Gasteiger charge is 2.20. The lowest BCUT2D eigenvalue weighted by molar-refractivity contribution is 0.775. The fraction of sp³-hybridized carbons (Fsp3) is 0.200. The summed E-state index contributed by atoms with van der Waals surface area (Å²) in [6, 6.07) is 8.41. The third kappa shape index (κ3) is 1.58. The summed E-state index contributed by atoms with van der Waals surface area (Å²) >= 11 is 2.44. The summed E-state index contributed by atoms with van der Waals surface area (Å²) in [6.45, 7) is 2.25. The molecule has 0 heterocycles. The van der Waals surface area contributed by atoms with Gasteiger partial charge in [0.05, 0.1) is 0 Å². The average molecular weight is 335 g/mol. The van der Waals surface area contributed by atoms with E-state index in [0.29, 0.717) is 5.92 Å². The first-order valence-electron chi connectivity index (χ1n) is 5.86. The molecule has 0 amide bonds. The number of benzene rings is 2. The molecule has 2 N–H and O–H groups in total. The molecule has 0 aliphatic heterocycles. The Kier molecular flexibility index (Phi) is 2.62. The smallest absolute Gasteiger partial charge is 0.0435 e. The van der Waals surface area contributed by atoms with Crippen LogP contribution in [-0.4, -0.2) is 0 Å². The maximum Gasteiger partial charge on any atom is 0.0435 e. The maximum absolute atomic E-state index is 6.36. The largest absolute Gasteiger partial charge is 0.398 e. The molecule has 0 radical (unpaired) electrons. The summed E-state index contributed by atoms with van der Waals surface area (Å²) < 4.78 is 1.32. The van der Waals surface area contributed by atoms with Crippen molar-refractivity contribution in [3.8, 4) is 0 Å². The van der Waals surface area contributed by atoms with E-state index in [2.05, 4.69) is 65.9 Å². The van der Waals surface area contributed by atoms with Gasteiger partial charge < -0.3 is 5.73 Å². The zero-order valence-electron chi connectivity index (χ0n) is 9.70. The molecule has 0 fully saturated rings. The fourth-order valence-corrected chi connectivity index (χ4v) is 3.61. The fourth-order valence-electron chi connectivity index (χ4n) is 2.66. The molecule has 2 heteroatoms. The Morgan fingerprint density at radius 3 is 2.71 bits per heavy atom. The minimum Gasteiger partial charge on any atom is -0.398 e. The summed E-state index contributed by atoms with van der Waals surface area (Å²) in [4.78, 5) is 0. The van der Waals surface area contributed by atoms with Crippen LogP contribution in [0.5, 0.6) is 0 Å². The SMILES string of the molecule is CC1CC=Cc2c1c(N)c1ccccc1c2I. The van der Waals surface area contributed by atoms with Crippen molar-refractivity contribution < 1.29 is 0 Å². The Hall–Kier alpha value is -1.03. The first-order valence-corrected chi connectivity index (χ1v) is 6.94. The van der Waals surface area contributed by atoms with Crippen LogP contribution in [0.15, 0.2) is 30.3 Å². The molecule has 1 atom stereocenters. The number of anilines is 1. The second-order valence-electron chi connectivity index (χ2n) is 4.64. The Morgan fingerprint density at radius 1 is 1.24 bits per heavy atom. The van der Waals surface area contributed by atoms with Crippen LogP contribution in [0.4, 0.5) is 5.69 Å². The van der Waals surface area contributed by atoms with Crippen LogP contribution < -0.4 is 5.73 Å². The first-order chi connectivity index (χ1) is 8.20. The summed E-state index contributed by atoms with van der Waals surface area (Å²) in [5, 5.41) is 2.46. The van der Waals surface area contributed by atoms with Gasteiger partial charge in [0.1, 0.15) is 0 Å². The molecule has 1 aliphatic rings. The molecule has 86 valence electrons. The van der Waals surface area contributed by atoms with Crippen LogP contribution in [0.2, 0.25) is 0 Å². The van der Waals surface area contributed by atoms with Crippen LogP contribution in [0, 0.1) is 3.57 Å². The number of hydrogen-bond donors (Lipinski definition) is 1. The van der Waals surface area contributed by atoms with Crippen molar-refractivity contribution in [3.05, 3.63) is 45.0 Å². The lowest BCUT2D eigenvalue weighted by atomic mass is 9.85. The van der Waals surface area contributed by atoms with E-state index in [9.17, 15) is 0 Å². The first kappa shape index (κ1) is 11.1. The van der Waals surface area contributed by atoms with Crippen LogP contribution >= 0.6 is 22.6 Å². The molecule has 1 nitrogen and oxygen atoms in total. The molecule has 0 saturated carbocycles. The van der Waals surface area contributed by atoms with Crippen LogP contribution in [0.3, 0.4) is 0 Å². The van der Waals surface area contributed by atoms with E-state index in [1.54, 1.807) is 0 Å².